The van der Waals surface area contributed by atoms with Crippen molar-refractivity contribution in [1.29, 1.82) is 0 Å². The molecule has 0 saturated carbocycles. The highest BCUT2D eigenvalue weighted by Gasteiger charge is 2.21. The van der Waals surface area contributed by atoms with E-state index in [0.29, 0.717) is 17.5 Å². The Morgan fingerprint density at radius 3 is 2.86 bits per heavy atom. The van der Waals surface area contributed by atoms with Gasteiger partial charge in [-0.15, -0.1) is 11.3 Å². The van der Waals surface area contributed by atoms with Crippen LogP contribution in [-0.2, 0) is 16.4 Å². The average molecular weight is 339 g/mol. The highest BCUT2D eigenvalue weighted by molar-refractivity contribution is 7.89. The largest absolute Gasteiger partial charge is 0.243 e. The SMILES string of the molecule is C[C@H](Cc1cccs1)NS(=O)(=O)c1cccc2nsnc12. The normalized spacial score (nSPS) is 13.6. The fraction of sp³-hybridized carbons (Fsp3) is 0.231. The molecular weight excluding hydrogens is 326 g/mol. The van der Waals surface area contributed by atoms with Crippen LogP contribution in [0.5, 0.6) is 0 Å². The van der Waals surface area contributed by atoms with Crippen molar-refractivity contribution in [2.45, 2.75) is 24.3 Å². The summed E-state index contributed by atoms with van der Waals surface area (Å²) in [5, 5.41) is 1.98. The molecule has 2 aromatic heterocycles. The van der Waals surface area contributed by atoms with Gasteiger partial charge in [0.1, 0.15) is 15.9 Å². The van der Waals surface area contributed by atoms with Crippen molar-refractivity contribution in [2.24, 2.45) is 0 Å². The first-order valence-electron chi connectivity index (χ1n) is 6.32. The minimum absolute atomic E-state index is 0.185. The summed E-state index contributed by atoms with van der Waals surface area (Å²) in [5.41, 5.74) is 1.03. The minimum atomic E-state index is -3.60. The van der Waals surface area contributed by atoms with Crippen molar-refractivity contribution in [1.82, 2.24) is 13.5 Å². The van der Waals surface area contributed by atoms with Crippen molar-refractivity contribution in [3.05, 3.63) is 40.6 Å². The molecule has 0 aliphatic heterocycles. The lowest BCUT2D eigenvalue weighted by Crippen LogP contribution is -2.34. The van der Waals surface area contributed by atoms with Crippen LogP contribution in [0.3, 0.4) is 0 Å². The second-order valence-corrected chi connectivity index (χ2v) is 7.94. The standard InChI is InChI=1S/C13H13N3O2S3/c1-9(8-10-4-3-7-19-10)16-21(17,18)12-6-2-5-11-13(12)15-20-14-11/h2-7,9,16H,8H2,1H3/t9-/m1/s1. The first kappa shape index (κ1) is 14.6. The molecule has 0 fully saturated rings. The van der Waals surface area contributed by atoms with Crippen LogP contribution >= 0.6 is 23.1 Å². The molecule has 1 N–H and O–H groups in total. The van der Waals surface area contributed by atoms with Gasteiger partial charge in [0.05, 0.1) is 11.7 Å². The van der Waals surface area contributed by atoms with Crippen LogP contribution in [0.4, 0.5) is 0 Å². The molecule has 8 heteroatoms. The first-order chi connectivity index (χ1) is 10.1. The monoisotopic (exact) mass is 339 g/mol. The van der Waals surface area contributed by atoms with Crippen molar-refractivity contribution >= 4 is 44.1 Å². The third-order valence-corrected chi connectivity index (χ3v) is 6.04. The number of sulfonamides is 1. The van der Waals surface area contributed by atoms with Crippen LogP contribution in [0, 0.1) is 0 Å². The van der Waals surface area contributed by atoms with Crippen LogP contribution in [0.25, 0.3) is 11.0 Å². The number of nitrogens with one attached hydrogen (secondary N) is 1. The Bertz CT molecular complexity index is 841. The highest BCUT2D eigenvalue weighted by Crippen LogP contribution is 2.21. The number of thiophene rings is 1. The fourth-order valence-corrected chi connectivity index (χ4v) is 4.94. The number of hydrogen-bond acceptors (Lipinski definition) is 6. The summed E-state index contributed by atoms with van der Waals surface area (Å²) in [6.07, 6.45) is 0.669. The quantitative estimate of drug-likeness (QED) is 0.776. The fourth-order valence-electron chi connectivity index (χ4n) is 2.10. The topological polar surface area (TPSA) is 72.0 Å². The second-order valence-electron chi connectivity index (χ2n) is 4.69. The Kier molecular flexibility index (Phi) is 4.03. The van der Waals surface area contributed by atoms with Gasteiger partial charge >= 0.3 is 0 Å². The van der Waals surface area contributed by atoms with Crippen LogP contribution < -0.4 is 4.72 Å². The third kappa shape index (κ3) is 3.13. The van der Waals surface area contributed by atoms with E-state index in [0.717, 1.165) is 16.6 Å². The van der Waals surface area contributed by atoms with Gasteiger partial charge in [-0.3, -0.25) is 0 Å². The van der Waals surface area contributed by atoms with E-state index < -0.39 is 10.0 Å². The molecule has 2 heterocycles. The molecule has 0 aliphatic carbocycles. The lowest BCUT2D eigenvalue weighted by Gasteiger charge is -2.13. The van der Waals surface area contributed by atoms with Crippen molar-refractivity contribution in [3.63, 3.8) is 0 Å². The molecule has 0 spiro atoms. The molecule has 0 radical (unpaired) electrons. The van der Waals surface area contributed by atoms with Gasteiger partial charge in [0.2, 0.25) is 10.0 Å². The van der Waals surface area contributed by atoms with Gasteiger partial charge in [-0.25, -0.2) is 13.1 Å². The summed E-state index contributed by atoms with van der Waals surface area (Å²) in [4.78, 5) is 1.34. The van der Waals surface area contributed by atoms with Crippen molar-refractivity contribution in [3.8, 4) is 0 Å². The van der Waals surface area contributed by atoms with Crippen LogP contribution in [-0.4, -0.2) is 23.2 Å². The Morgan fingerprint density at radius 1 is 1.24 bits per heavy atom. The Labute approximate surface area is 131 Å². The van der Waals surface area contributed by atoms with Gasteiger partial charge in [0.15, 0.2) is 0 Å². The molecule has 0 aliphatic rings. The Hall–Kier alpha value is -1.35. The van der Waals surface area contributed by atoms with E-state index in [2.05, 4.69) is 13.5 Å². The van der Waals surface area contributed by atoms with Crippen LogP contribution in [0.15, 0.2) is 40.6 Å². The summed E-state index contributed by atoms with van der Waals surface area (Å²) in [7, 11) is -3.60. The Morgan fingerprint density at radius 2 is 2.10 bits per heavy atom. The van der Waals surface area contributed by atoms with Crippen LogP contribution in [0.1, 0.15) is 11.8 Å². The maximum atomic E-state index is 12.5. The molecule has 0 saturated heterocycles. The summed E-state index contributed by atoms with van der Waals surface area (Å²) in [6.45, 7) is 1.86. The lowest BCUT2D eigenvalue weighted by molar-refractivity contribution is 0.561. The van der Waals surface area contributed by atoms with Gasteiger partial charge in [-0.05, 0) is 36.9 Å². The second kappa shape index (κ2) is 5.80. The summed E-state index contributed by atoms with van der Waals surface area (Å²) < 4.78 is 35.9. The minimum Gasteiger partial charge on any atom is -0.208 e. The smallest absolute Gasteiger partial charge is 0.208 e. The molecule has 0 amide bonds. The molecule has 0 unspecified atom stereocenters. The van der Waals surface area contributed by atoms with Crippen molar-refractivity contribution in [2.75, 3.05) is 0 Å². The maximum Gasteiger partial charge on any atom is 0.243 e. The first-order valence-corrected chi connectivity index (χ1v) is 9.41. The van der Waals surface area contributed by atoms with Gasteiger partial charge in [0.25, 0.3) is 0 Å². The predicted octanol–water partition coefficient (Wildman–Crippen LogP) is 2.66. The molecule has 3 rings (SSSR count). The zero-order valence-corrected chi connectivity index (χ0v) is 13.6. The van der Waals surface area contributed by atoms with E-state index in [1.54, 1.807) is 29.5 Å². The molecule has 5 nitrogen and oxygen atoms in total. The number of rotatable bonds is 5. The van der Waals surface area contributed by atoms with E-state index >= 15 is 0 Å². The number of aromatic nitrogens is 2. The van der Waals surface area contributed by atoms with Gasteiger partial charge in [-0.2, -0.15) is 8.75 Å². The Balaban J connectivity index is 1.85. The number of fused-ring (bicyclic) bond motifs is 1. The number of benzene rings is 1. The number of nitrogens with zero attached hydrogens (tertiary/aromatic N) is 2. The molecule has 1 atom stereocenters. The summed E-state index contributed by atoms with van der Waals surface area (Å²) >= 11 is 2.64. The average Bonchev–Trinajstić information content (AvgIpc) is 3.07. The van der Waals surface area contributed by atoms with E-state index in [1.807, 2.05) is 24.4 Å². The molecular formula is C13H13N3O2S3. The van der Waals surface area contributed by atoms with Gasteiger partial charge < -0.3 is 0 Å². The zero-order valence-electron chi connectivity index (χ0n) is 11.2. The van der Waals surface area contributed by atoms with E-state index in [9.17, 15) is 8.42 Å². The zero-order chi connectivity index (χ0) is 14.9. The molecule has 3 aromatic rings. The van der Waals surface area contributed by atoms with Crippen molar-refractivity contribution < 1.29 is 8.42 Å². The third-order valence-electron chi connectivity index (χ3n) is 2.98. The van der Waals surface area contributed by atoms with Gasteiger partial charge in [0, 0.05) is 10.9 Å². The van der Waals surface area contributed by atoms with E-state index in [4.69, 9.17) is 0 Å². The molecule has 21 heavy (non-hydrogen) atoms. The maximum absolute atomic E-state index is 12.5. The summed E-state index contributed by atoms with van der Waals surface area (Å²) in [5.74, 6) is 0. The lowest BCUT2D eigenvalue weighted by atomic mass is 10.2. The predicted molar refractivity (Wildman–Crippen MR) is 85.2 cm³/mol. The highest BCUT2D eigenvalue weighted by atomic mass is 32.2. The molecule has 0 bridgehead atoms. The molecule has 1 aromatic carbocycles. The summed E-state index contributed by atoms with van der Waals surface area (Å²) in [6, 6.07) is 8.78. The van der Waals surface area contributed by atoms with Crippen LogP contribution in [0.2, 0.25) is 0 Å². The van der Waals surface area contributed by atoms with E-state index in [1.165, 1.54) is 0 Å². The van der Waals surface area contributed by atoms with Gasteiger partial charge in [-0.1, -0.05) is 12.1 Å². The number of hydrogen-bond donors (Lipinski definition) is 1. The molecule has 110 valence electrons. The van der Waals surface area contributed by atoms with E-state index in [-0.39, 0.29) is 10.9 Å².